The van der Waals surface area contributed by atoms with Crippen molar-refractivity contribution in [2.45, 2.75) is 49.3 Å². The van der Waals surface area contributed by atoms with Crippen LogP contribution >= 0.6 is 11.8 Å². The van der Waals surface area contributed by atoms with Gasteiger partial charge in [0.15, 0.2) is 0 Å². The third-order valence-electron chi connectivity index (χ3n) is 4.17. The molecule has 0 spiro atoms. The molecule has 0 bridgehead atoms. The maximum Gasteiger partial charge on any atom is 0.0157 e. The second-order valence-corrected chi connectivity index (χ2v) is 6.50. The Balaban J connectivity index is 2.00. The Morgan fingerprint density at radius 3 is 2.42 bits per heavy atom. The Kier molecular flexibility index (Phi) is 3.65. The fourth-order valence-electron chi connectivity index (χ4n) is 2.92. The molecule has 0 aliphatic heterocycles. The SMILES string of the molecule is Cc1c(Sc2ccccc2)cc2c(c1C)CCCC2. The molecule has 19 heavy (non-hydrogen) atoms. The van der Waals surface area contributed by atoms with E-state index in [4.69, 9.17) is 0 Å². The van der Waals surface area contributed by atoms with Gasteiger partial charge in [0.2, 0.25) is 0 Å². The first-order valence-corrected chi connectivity index (χ1v) is 7.92. The van der Waals surface area contributed by atoms with Crippen molar-refractivity contribution in [1.82, 2.24) is 0 Å². The minimum Gasteiger partial charge on any atom is -0.0898 e. The van der Waals surface area contributed by atoms with Crippen LogP contribution in [0.25, 0.3) is 0 Å². The van der Waals surface area contributed by atoms with Gasteiger partial charge >= 0.3 is 0 Å². The fourth-order valence-corrected chi connectivity index (χ4v) is 3.97. The van der Waals surface area contributed by atoms with Crippen molar-refractivity contribution in [2.24, 2.45) is 0 Å². The van der Waals surface area contributed by atoms with E-state index in [-0.39, 0.29) is 0 Å². The van der Waals surface area contributed by atoms with Crippen molar-refractivity contribution in [3.8, 4) is 0 Å². The average molecular weight is 268 g/mol. The summed E-state index contributed by atoms with van der Waals surface area (Å²) in [5.41, 5.74) is 6.21. The van der Waals surface area contributed by atoms with Crippen LogP contribution in [0.3, 0.4) is 0 Å². The van der Waals surface area contributed by atoms with E-state index in [2.05, 4.69) is 50.2 Å². The van der Waals surface area contributed by atoms with Gasteiger partial charge in [-0.15, -0.1) is 0 Å². The van der Waals surface area contributed by atoms with E-state index in [1.807, 2.05) is 11.8 Å². The Bertz CT molecular complexity index is 584. The van der Waals surface area contributed by atoms with E-state index >= 15 is 0 Å². The van der Waals surface area contributed by atoms with E-state index in [0.717, 1.165) is 0 Å². The van der Waals surface area contributed by atoms with E-state index in [0.29, 0.717) is 0 Å². The molecule has 1 aliphatic carbocycles. The van der Waals surface area contributed by atoms with E-state index in [1.54, 1.807) is 11.1 Å². The lowest BCUT2D eigenvalue weighted by Crippen LogP contribution is -2.06. The maximum absolute atomic E-state index is 2.44. The molecule has 0 nitrogen and oxygen atoms in total. The van der Waals surface area contributed by atoms with Crippen LogP contribution in [0.1, 0.15) is 35.1 Å². The molecule has 0 fully saturated rings. The predicted molar refractivity (Wildman–Crippen MR) is 83.1 cm³/mol. The molecule has 0 heterocycles. The molecule has 0 saturated carbocycles. The Morgan fingerprint density at radius 2 is 1.63 bits per heavy atom. The van der Waals surface area contributed by atoms with Crippen LogP contribution in [0.15, 0.2) is 46.2 Å². The molecule has 1 heteroatoms. The number of rotatable bonds is 2. The van der Waals surface area contributed by atoms with E-state index in [9.17, 15) is 0 Å². The summed E-state index contributed by atoms with van der Waals surface area (Å²) in [6, 6.07) is 13.1. The van der Waals surface area contributed by atoms with E-state index < -0.39 is 0 Å². The molecule has 0 unspecified atom stereocenters. The van der Waals surface area contributed by atoms with Gasteiger partial charge in [-0.25, -0.2) is 0 Å². The van der Waals surface area contributed by atoms with Gasteiger partial charge in [-0.2, -0.15) is 0 Å². The third-order valence-corrected chi connectivity index (χ3v) is 5.32. The number of hydrogen-bond donors (Lipinski definition) is 0. The predicted octanol–water partition coefficient (Wildman–Crippen LogP) is 5.33. The van der Waals surface area contributed by atoms with Crippen LogP contribution in [0, 0.1) is 13.8 Å². The van der Waals surface area contributed by atoms with Crippen LogP contribution < -0.4 is 0 Å². The first kappa shape index (κ1) is 12.8. The van der Waals surface area contributed by atoms with Crippen molar-refractivity contribution in [1.29, 1.82) is 0 Å². The third kappa shape index (κ3) is 2.57. The zero-order valence-corrected chi connectivity index (χ0v) is 12.5. The standard InChI is InChI=1S/C18H20S/c1-13-14(2)18(19-16-9-4-3-5-10-16)12-15-8-6-7-11-17(13)15/h3-5,9-10,12H,6-8,11H2,1-2H3. The molecule has 2 aromatic rings. The van der Waals surface area contributed by atoms with Crippen LogP contribution in [-0.4, -0.2) is 0 Å². The van der Waals surface area contributed by atoms with Crippen molar-refractivity contribution in [3.63, 3.8) is 0 Å². The summed E-state index contributed by atoms with van der Waals surface area (Å²) in [7, 11) is 0. The highest BCUT2D eigenvalue weighted by Gasteiger charge is 2.16. The number of benzene rings is 2. The summed E-state index contributed by atoms with van der Waals surface area (Å²) >= 11 is 1.90. The van der Waals surface area contributed by atoms with Crippen LogP contribution in [0.4, 0.5) is 0 Å². The number of aryl methyl sites for hydroxylation is 1. The van der Waals surface area contributed by atoms with Gasteiger partial charge in [-0.05, 0) is 80.0 Å². The normalized spacial score (nSPS) is 14.2. The molecule has 2 aromatic carbocycles. The van der Waals surface area contributed by atoms with Gasteiger partial charge in [-0.1, -0.05) is 30.0 Å². The van der Waals surface area contributed by atoms with Gasteiger partial charge in [-0.3, -0.25) is 0 Å². The van der Waals surface area contributed by atoms with Crippen LogP contribution in [0.5, 0.6) is 0 Å². The summed E-state index contributed by atoms with van der Waals surface area (Å²) in [5.74, 6) is 0. The Labute approximate surface area is 120 Å². The van der Waals surface area contributed by atoms with Gasteiger partial charge < -0.3 is 0 Å². The summed E-state index contributed by atoms with van der Waals surface area (Å²) < 4.78 is 0. The average Bonchev–Trinajstić information content (AvgIpc) is 2.46. The van der Waals surface area contributed by atoms with Crippen LogP contribution in [0.2, 0.25) is 0 Å². The second kappa shape index (κ2) is 5.42. The lowest BCUT2D eigenvalue weighted by atomic mass is 9.87. The van der Waals surface area contributed by atoms with E-state index in [1.165, 1.54) is 46.6 Å². The fraction of sp³-hybridized carbons (Fsp3) is 0.333. The largest absolute Gasteiger partial charge is 0.0898 e. The monoisotopic (exact) mass is 268 g/mol. The van der Waals surface area contributed by atoms with Crippen molar-refractivity contribution in [2.75, 3.05) is 0 Å². The molecule has 1 aliphatic rings. The lowest BCUT2D eigenvalue weighted by Gasteiger charge is -2.22. The molecular formula is C18H20S. The first-order valence-electron chi connectivity index (χ1n) is 7.10. The molecule has 0 amide bonds. The quantitative estimate of drug-likeness (QED) is 0.709. The molecule has 0 atom stereocenters. The summed E-state index contributed by atoms with van der Waals surface area (Å²) in [5, 5.41) is 0. The number of fused-ring (bicyclic) bond motifs is 1. The van der Waals surface area contributed by atoms with Gasteiger partial charge in [0.1, 0.15) is 0 Å². The molecule has 0 radical (unpaired) electrons. The Hall–Kier alpha value is -1.21. The summed E-state index contributed by atoms with van der Waals surface area (Å²) in [4.78, 5) is 2.77. The highest BCUT2D eigenvalue weighted by molar-refractivity contribution is 7.99. The topological polar surface area (TPSA) is 0 Å². The van der Waals surface area contributed by atoms with Gasteiger partial charge in [0.05, 0.1) is 0 Å². The zero-order valence-electron chi connectivity index (χ0n) is 11.7. The summed E-state index contributed by atoms with van der Waals surface area (Å²) in [6.07, 6.45) is 5.25. The lowest BCUT2D eigenvalue weighted by molar-refractivity contribution is 0.678. The highest BCUT2D eigenvalue weighted by Crippen LogP contribution is 2.36. The smallest absolute Gasteiger partial charge is 0.0157 e. The van der Waals surface area contributed by atoms with Crippen molar-refractivity contribution < 1.29 is 0 Å². The first-order chi connectivity index (χ1) is 9.25. The maximum atomic E-state index is 2.44. The highest BCUT2D eigenvalue weighted by atomic mass is 32.2. The van der Waals surface area contributed by atoms with Crippen molar-refractivity contribution >= 4 is 11.8 Å². The summed E-state index contributed by atoms with van der Waals surface area (Å²) in [6.45, 7) is 4.57. The molecule has 0 saturated heterocycles. The van der Waals surface area contributed by atoms with Crippen molar-refractivity contribution in [3.05, 3.63) is 58.7 Å². The molecular weight excluding hydrogens is 248 g/mol. The minimum absolute atomic E-state index is 1.26. The molecule has 3 rings (SSSR count). The Morgan fingerprint density at radius 1 is 0.895 bits per heavy atom. The molecule has 0 aromatic heterocycles. The minimum atomic E-state index is 1.26. The second-order valence-electron chi connectivity index (χ2n) is 5.38. The van der Waals surface area contributed by atoms with Crippen LogP contribution in [-0.2, 0) is 12.8 Å². The molecule has 98 valence electrons. The van der Waals surface area contributed by atoms with Gasteiger partial charge in [0, 0.05) is 9.79 Å². The van der Waals surface area contributed by atoms with Gasteiger partial charge in [0.25, 0.3) is 0 Å². The number of hydrogen-bond acceptors (Lipinski definition) is 1. The molecule has 0 N–H and O–H groups in total. The zero-order chi connectivity index (χ0) is 13.2.